The van der Waals surface area contributed by atoms with Gasteiger partial charge in [0.2, 0.25) is 0 Å². The van der Waals surface area contributed by atoms with Crippen molar-refractivity contribution in [1.82, 2.24) is 0 Å². The van der Waals surface area contributed by atoms with E-state index in [0.717, 1.165) is 5.56 Å². The number of aromatic carboxylic acids is 1. The zero-order valence-electron chi connectivity index (χ0n) is 11.6. The fourth-order valence-electron chi connectivity index (χ4n) is 2.13. The van der Waals surface area contributed by atoms with Gasteiger partial charge in [-0.25, -0.2) is 4.79 Å². The summed E-state index contributed by atoms with van der Waals surface area (Å²) in [5, 5.41) is 12.0. The first kappa shape index (κ1) is 15.3. The van der Waals surface area contributed by atoms with E-state index in [1.807, 2.05) is 13.0 Å². The fourth-order valence-corrected chi connectivity index (χ4v) is 2.59. The summed E-state index contributed by atoms with van der Waals surface area (Å²) in [6.45, 7) is 3.59. The second-order valence-corrected chi connectivity index (χ2v) is 5.60. The first-order chi connectivity index (χ1) is 9.90. The van der Waals surface area contributed by atoms with E-state index in [2.05, 4.69) is 21.2 Å². The smallest absolute Gasteiger partial charge is 0.337 e. The van der Waals surface area contributed by atoms with E-state index in [0.29, 0.717) is 21.3 Å². The quantitative estimate of drug-likeness (QED) is 0.881. The van der Waals surface area contributed by atoms with Crippen LogP contribution in [0.4, 0.5) is 5.69 Å². The number of carboxylic acids is 1. The number of carbonyl (C=O) groups excluding carboxylic acids is 1. The molecule has 0 spiro atoms. The van der Waals surface area contributed by atoms with Crippen LogP contribution in [-0.2, 0) is 0 Å². The van der Waals surface area contributed by atoms with Crippen LogP contribution in [0.3, 0.4) is 0 Å². The van der Waals surface area contributed by atoms with Gasteiger partial charge in [-0.3, -0.25) is 4.79 Å². The number of aryl methyl sites for hydroxylation is 2. The van der Waals surface area contributed by atoms with E-state index in [9.17, 15) is 14.7 Å². The number of hydrogen-bond donors (Lipinski definition) is 2. The molecule has 0 aliphatic carbocycles. The van der Waals surface area contributed by atoms with Gasteiger partial charge in [-0.05, 0) is 59.1 Å². The van der Waals surface area contributed by atoms with Crippen LogP contribution in [0.2, 0.25) is 0 Å². The molecular weight excluding hydrogens is 334 g/mol. The molecule has 2 aromatic rings. The molecule has 0 saturated heterocycles. The van der Waals surface area contributed by atoms with Crippen LogP contribution in [0.25, 0.3) is 0 Å². The predicted molar refractivity (Wildman–Crippen MR) is 85.0 cm³/mol. The van der Waals surface area contributed by atoms with Gasteiger partial charge < -0.3 is 10.4 Å². The number of anilines is 1. The van der Waals surface area contributed by atoms with E-state index >= 15 is 0 Å². The lowest BCUT2D eigenvalue weighted by atomic mass is 10.0. The number of carbonyl (C=O) groups is 2. The van der Waals surface area contributed by atoms with Crippen molar-refractivity contribution in [3.05, 3.63) is 63.1 Å². The van der Waals surface area contributed by atoms with E-state index in [1.54, 1.807) is 37.3 Å². The van der Waals surface area contributed by atoms with E-state index in [1.165, 1.54) is 0 Å². The van der Waals surface area contributed by atoms with Gasteiger partial charge in [0.05, 0.1) is 16.8 Å². The highest BCUT2D eigenvalue weighted by Gasteiger charge is 2.17. The molecule has 0 unspecified atom stereocenters. The normalized spacial score (nSPS) is 10.2. The Morgan fingerprint density at radius 1 is 1.10 bits per heavy atom. The lowest BCUT2D eigenvalue weighted by molar-refractivity contribution is 0.0698. The molecule has 2 aromatic carbocycles. The van der Waals surface area contributed by atoms with E-state index in [-0.39, 0.29) is 11.5 Å². The number of rotatable bonds is 3. The molecule has 0 bridgehead atoms. The molecule has 21 heavy (non-hydrogen) atoms. The SMILES string of the molecule is Cc1cc(C)c(NC(=O)c2ccccc2Br)c(C(=O)O)c1. The number of benzene rings is 2. The minimum Gasteiger partial charge on any atom is -0.478 e. The van der Waals surface area contributed by atoms with E-state index in [4.69, 9.17) is 0 Å². The third kappa shape index (κ3) is 3.31. The number of carboxylic acid groups (broad SMARTS) is 1. The van der Waals surface area contributed by atoms with Crippen molar-refractivity contribution in [3.8, 4) is 0 Å². The molecular formula is C16H14BrNO3. The molecule has 108 valence electrons. The Labute approximate surface area is 130 Å². The second kappa shape index (κ2) is 6.10. The summed E-state index contributed by atoms with van der Waals surface area (Å²) >= 11 is 3.31. The zero-order chi connectivity index (χ0) is 15.6. The first-order valence-electron chi connectivity index (χ1n) is 6.30. The Hall–Kier alpha value is -2.14. The summed E-state index contributed by atoms with van der Waals surface area (Å²) in [6.07, 6.45) is 0. The summed E-state index contributed by atoms with van der Waals surface area (Å²) in [4.78, 5) is 23.7. The third-order valence-corrected chi connectivity index (χ3v) is 3.76. The van der Waals surface area contributed by atoms with Crippen LogP contribution in [0.15, 0.2) is 40.9 Å². The highest BCUT2D eigenvalue weighted by atomic mass is 79.9. The van der Waals surface area contributed by atoms with Crippen LogP contribution in [0.1, 0.15) is 31.8 Å². The molecule has 0 heterocycles. The molecule has 0 aliphatic heterocycles. The van der Waals surface area contributed by atoms with Gasteiger partial charge in [0.25, 0.3) is 5.91 Å². The minimum absolute atomic E-state index is 0.0907. The summed E-state index contributed by atoms with van der Waals surface area (Å²) in [5.74, 6) is -1.42. The largest absolute Gasteiger partial charge is 0.478 e. The topological polar surface area (TPSA) is 66.4 Å². The van der Waals surface area contributed by atoms with Gasteiger partial charge in [0, 0.05) is 4.47 Å². The van der Waals surface area contributed by atoms with Crippen molar-refractivity contribution in [2.45, 2.75) is 13.8 Å². The molecule has 2 rings (SSSR count). The van der Waals surface area contributed by atoms with Crippen LogP contribution in [-0.4, -0.2) is 17.0 Å². The average molecular weight is 348 g/mol. The van der Waals surface area contributed by atoms with Crippen molar-refractivity contribution >= 4 is 33.5 Å². The Balaban J connectivity index is 2.42. The third-order valence-electron chi connectivity index (χ3n) is 3.07. The van der Waals surface area contributed by atoms with Crippen molar-refractivity contribution in [2.24, 2.45) is 0 Å². The number of amides is 1. The van der Waals surface area contributed by atoms with Crippen LogP contribution < -0.4 is 5.32 Å². The molecule has 5 heteroatoms. The van der Waals surface area contributed by atoms with Crippen molar-refractivity contribution < 1.29 is 14.7 Å². The Morgan fingerprint density at radius 2 is 1.76 bits per heavy atom. The predicted octanol–water partition coefficient (Wildman–Crippen LogP) is 4.02. The molecule has 1 amide bonds. The number of halogens is 1. The Kier molecular flexibility index (Phi) is 4.43. The lowest BCUT2D eigenvalue weighted by Gasteiger charge is -2.13. The second-order valence-electron chi connectivity index (χ2n) is 4.74. The molecule has 2 N–H and O–H groups in total. The van der Waals surface area contributed by atoms with Crippen molar-refractivity contribution in [2.75, 3.05) is 5.32 Å². The molecule has 0 atom stereocenters. The summed E-state index contributed by atoms with van der Waals surface area (Å²) in [5.41, 5.74) is 2.42. The lowest BCUT2D eigenvalue weighted by Crippen LogP contribution is -2.16. The highest BCUT2D eigenvalue weighted by Crippen LogP contribution is 2.25. The van der Waals surface area contributed by atoms with Crippen molar-refractivity contribution in [3.63, 3.8) is 0 Å². The number of hydrogen-bond acceptors (Lipinski definition) is 2. The summed E-state index contributed by atoms with van der Waals surface area (Å²) < 4.78 is 0.657. The molecule has 0 aliphatic rings. The van der Waals surface area contributed by atoms with Crippen LogP contribution in [0.5, 0.6) is 0 Å². The number of nitrogens with one attached hydrogen (secondary N) is 1. The fraction of sp³-hybridized carbons (Fsp3) is 0.125. The monoisotopic (exact) mass is 347 g/mol. The zero-order valence-corrected chi connectivity index (χ0v) is 13.2. The van der Waals surface area contributed by atoms with Gasteiger partial charge in [-0.1, -0.05) is 18.2 Å². The van der Waals surface area contributed by atoms with Gasteiger partial charge >= 0.3 is 5.97 Å². The maximum absolute atomic E-state index is 12.3. The average Bonchev–Trinajstić information content (AvgIpc) is 2.41. The molecule has 0 aromatic heterocycles. The van der Waals surface area contributed by atoms with Gasteiger partial charge in [0.15, 0.2) is 0 Å². The highest BCUT2D eigenvalue weighted by molar-refractivity contribution is 9.10. The molecule has 0 saturated carbocycles. The van der Waals surface area contributed by atoms with Gasteiger partial charge in [-0.15, -0.1) is 0 Å². The molecule has 0 radical (unpaired) electrons. The van der Waals surface area contributed by atoms with Gasteiger partial charge in [-0.2, -0.15) is 0 Å². The maximum atomic E-state index is 12.3. The molecule has 0 fully saturated rings. The first-order valence-corrected chi connectivity index (χ1v) is 7.10. The van der Waals surface area contributed by atoms with Crippen molar-refractivity contribution in [1.29, 1.82) is 0 Å². The maximum Gasteiger partial charge on any atom is 0.337 e. The Morgan fingerprint density at radius 3 is 2.38 bits per heavy atom. The Bertz CT molecular complexity index is 725. The van der Waals surface area contributed by atoms with Gasteiger partial charge in [0.1, 0.15) is 0 Å². The summed E-state index contributed by atoms with van der Waals surface area (Å²) in [6, 6.07) is 10.4. The molecule has 4 nitrogen and oxygen atoms in total. The summed E-state index contributed by atoms with van der Waals surface area (Å²) in [7, 11) is 0. The van der Waals surface area contributed by atoms with Crippen LogP contribution in [0, 0.1) is 13.8 Å². The van der Waals surface area contributed by atoms with Crippen LogP contribution >= 0.6 is 15.9 Å². The minimum atomic E-state index is -1.07. The van der Waals surface area contributed by atoms with E-state index < -0.39 is 5.97 Å². The standard InChI is InChI=1S/C16H14BrNO3/c1-9-7-10(2)14(12(8-9)16(20)21)18-15(19)11-5-3-4-6-13(11)17/h3-8H,1-2H3,(H,18,19)(H,20,21).